The molecule has 0 bridgehead atoms. The van der Waals surface area contributed by atoms with E-state index in [1.54, 1.807) is 12.4 Å². The zero-order valence-electron chi connectivity index (χ0n) is 8.90. The number of halogens is 2. The number of hydrazine groups is 1. The van der Waals surface area contributed by atoms with Crippen LogP contribution in [-0.2, 0) is 0 Å². The number of nitrogens with zero attached hydrogens (tertiary/aromatic N) is 1. The van der Waals surface area contributed by atoms with Crippen LogP contribution in [0.25, 0.3) is 0 Å². The van der Waals surface area contributed by atoms with Gasteiger partial charge in [0.2, 0.25) is 0 Å². The number of rotatable bonds is 3. The van der Waals surface area contributed by atoms with E-state index < -0.39 is 0 Å². The zero-order valence-corrected chi connectivity index (χ0v) is 11.2. The van der Waals surface area contributed by atoms with Crippen LogP contribution in [0.1, 0.15) is 17.2 Å². The van der Waals surface area contributed by atoms with Crippen molar-refractivity contribution in [3.8, 4) is 0 Å². The third-order valence-electron chi connectivity index (χ3n) is 2.46. The molecule has 1 atom stereocenters. The van der Waals surface area contributed by atoms with Crippen LogP contribution in [-0.4, -0.2) is 4.98 Å². The highest BCUT2D eigenvalue weighted by molar-refractivity contribution is 9.10. The SMILES string of the molecule is NNC(c1cccnc1)c1ccc(Cl)c(Br)c1. The Balaban J connectivity index is 2.39. The van der Waals surface area contributed by atoms with Gasteiger partial charge in [-0.15, -0.1) is 0 Å². The third-order valence-corrected chi connectivity index (χ3v) is 3.68. The average molecular weight is 313 g/mol. The smallest absolute Gasteiger partial charge is 0.0725 e. The van der Waals surface area contributed by atoms with Crippen LogP contribution < -0.4 is 11.3 Å². The Hall–Kier alpha value is -0.940. The fourth-order valence-corrected chi connectivity index (χ4v) is 2.14. The van der Waals surface area contributed by atoms with Crippen molar-refractivity contribution in [2.45, 2.75) is 6.04 Å². The Morgan fingerprint density at radius 3 is 2.71 bits per heavy atom. The van der Waals surface area contributed by atoms with Gasteiger partial charge in [-0.25, -0.2) is 5.43 Å². The normalized spacial score (nSPS) is 12.4. The van der Waals surface area contributed by atoms with Crippen molar-refractivity contribution < 1.29 is 0 Å². The molecule has 1 aromatic carbocycles. The van der Waals surface area contributed by atoms with E-state index in [9.17, 15) is 0 Å². The van der Waals surface area contributed by atoms with Crippen molar-refractivity contribution >= 4 is 27.5 Å². The molecule has 88 valence electrons. The minimum absolute atomic E-state index is 0.0998. The second-order valence-electron chi connectivity index (χ2n) is 3.56. The summed E-state index contributed by atoms with van der Waals surface area (Å²) in [6.07, 6.45) is 3.52. The molecule has 0 aliphatic rings. The monoisotopic (exact) mass is 311 g/mol. The number of aromatic nitrogens is 1. The van der Waals surface area contributed by atoms with Gasteiger partial charge in [-0.1, -0.05) is 23.7 Å². The number of nitrogens with one attached hydrogen (secondary N) is 1. The van der Waals surface area contributed by atoms with E-state index >= 15 is 0 Å². The highest BCUT2D eigenvalue weighted by Gasteiger charge is 2.13. The number of nitrogens with two attached hydrogens (primary N) is 1. The highest BCUT2D eigenvalue weighted by Crippen LogP contribution is 2.28. The topological polar surface area (TPSA) is 50.9 Å². The summed E-state index contributed by atoms with van der Waals surface area (Å²) in [5, 5.41) is 0.677. The average Bonchev–Trinajstić information content (AvgIpc) is 2.36. The Morgan fingerprint density at radius 2 is 2.12 bits per heavy atom. The minimum atomic E-state index is -0.0998. The molecule has 0 fully saturated rings. The molecule has 0 spiro atoms. The number of pyridine rings is 1. The predicted molar refractivity (Wildman–Crippen MR) is 72.6 cm³/mol. The largest absolute Gasteiger partial charge is 0.271 e. The highest BCUT2D eigenvalue weighted by atomic mass is 79.9. The second kappa shape index (κ2) is 5.60. The standard InChI is InChI=1S/C12H11BrClN3/c13-10-6-8(3-4-11(10)14)12(17-15)9-2-1-5-16-7-9/h1-7,12,17H,15H2. The Labute approximate surface area is 113 Å². The molecule has 0 saturated heterocycles. The van der Waals surface area contributed by atoms with Gasteiger partial charge >= 0.3 is 0 Å². The third kappa shape index (κ3) is 2.84. The molecule has 2 rings (SSSR count). The lowest BCUT2D eigenvalue weighted by Crippen LogP contribution is -2.28. The molecule has 0 aliphatic carbocycles. The summed E-state index contributed by atoms with van der Waals surface area (Å²) >= 11 is 9.36. The maximum Gasteiger partial charge on any atom is 0.0725 e. The zero-order chi connectivity index (χ0) is 12.3. The van der Waals surface area contributed by atoms with Gasteiger partial charge in [0, 0.05) is 16.9 Å². The molecule has 0 aliphatic heterocycles. The van der Waals surface area contributed by atoms with Crippen molar-refractivity contribution in [3.63, 3.8) is 0 Å². The molecular formula is C12H11BrClN3. The number of hydrogen-bond donors (Lipinski definition) is 2. The summed E-state index contributed by atoms with van der Waals surface area (Å²) in [5.41, 5.74) is 4.81. The quantitative estimate of drug-likeness (QED) is 0.676. The van der Waals surface area contributed by atoms with Crippen LogP contribution in [0.15, 0.2) is 47.2 Å². The second-order valence-corrected chi connectivity index (χ2v) is 4.82. The molecule has 3 N–H and O–H groups in total. The lowest BCUT2D eigenvalue weighted by molar-refractivity contribution is 0.634. The molecule has 1 heterocycles. The number of benzene rings is 1. The first-order chi connectivity index (χ1) is 8.22. The van der Waals surface area contributed by atoms with Crippen molar-refractivity contribution in [1.29, 1.82) is 0 Å². The van der Waals surface area contributed by atoms with Crippen molar-refractivity contribution in [2.75, 3.05) is 0 Å². The first-order valence-corrected chi connectivity index (χ1v) is 6.20. The van der Waals surface area contributed by atoms with Crippen LogP contribution in [0.5, 0.6) is 0 Å². The first-order valence-electron chi connectivity index (χ1n) is 5.03. The Kier molecular flexibility index (Phi) is 4.12. The van der Waals surface area contributed by atoms with Gasteiger partial charge in [-0.05, 0) is 45.3 Å². The summed E-state index contributed by atoms with van der Waals surface area (Å²) in [6, 6.07) is 9.47. The molecule has 5 heteroatoms. The fourth-order valence-electron chi connectivity index (χ4n) is 1.62. The fraction of sp³-hybridized carbons (Fsp3) is 0.0833. The minimum Gasteiger partial charge on any atom is -0.271 e. The van der Waals surface area contributed by atoms with E-state index in [-0.39, 0.29) is 6.04 Å². The van der Waals surface area contributed by atoms with Gasteiger partial charge in [0.05, 0.1) is 11.1 Å². The van der Waals surface area contributed by atoms with Crippen molar-refractivity contribution in [3.05, 3.63) is 63.3 Å². The molecule has 0 amide bonds. The number of hydrogen-bond acceptors (Lipinski definition) is 3. The maximum absolute atomic E-state index is 5.96. The summed E-state index contributed by atoms with van der Waals surface area (Å²) in [7, 11) is 0. The van der Waals surface area contributed by atoms with Crippen molar-refractivity contribution in [1.82, 2.24) is 10.4 Å². The van der Waals surface area contributed by atoms with E-state index in [0.717, 1.165) is 15.6 Å². The van der Waals surface area contributed by atoms with Gasteiger partial charge in [-0.3, -0.25) is 10.8 Å². The molecule has 3 nitrogen and oxygen atoms in total. The summed E-state index contributed by atoms with van der Waals surface area (Å²) in [6.45, 7) is 0. The molecular weight excluding hydrogens is 302 g/mol. The molecule has 1 aromatic heterocycles. The van der Waals surface area contributed by atoms with Gasteiger partial charge in [0.15, 0.2) is 0 Å². The van der Waals surface area contributed by atoms with Crippen LogP contribution in [0.3, 0.4) is 0 Å². The van der Waals surface area contributed by atoms with Gasteiger partial charge in [-0.2, -0.15) is 0 Å². The lowest BCUT2D eigenvalue weighted by atomic mass is 10.0. The molecule has 0 saturated carbocycles. The van der Waals surface area contributed by atoms with Crippen molar-refractivity contribution in [2.24, 2.45) is 5.84 Å². The van der Waals surface area contributed by atoms with E-state index in [4.69, 9.17) is 17.4 Å². The Bertz CT molecular complexity index is 504. The predicted octanol–water partition coefficient (Wildman–Crippen LogP) is 3.05. The van der Waals surface area contributed by atoms with Gasteiger partial charge in [0.1, 0.15) is 0 Å². The van der Waals surface area contributed by atoms with Crippen LogP contribution in [0.4, 0.5) is 0 Å². The van der Waals surface area contributed by atoms with Crippen LogP contribution in [0, 0.1) is 0 Å². The molecule has 0 radical (unpaired) electrons. The van der Waals surface area contributed by atoms with Gasteiger partial charge in [0.25, 0.3) is 0 Å². The van der Waals surface area contributed by atoms with Crippen LogP contribution in [0.2, 0.25) is 5.02 Å². The molecule has 17 heavy (non-hydrogen) atoms. The molecule has 1 unspecified atom stereocenters. The van der Waals surface area contributed by atoms with E-state index in [2.05, 4.69) is 26.3 Å². The van der Waals surface area contributed by atoms with E-state index in [1.165, 1.54) is 0 Å². The van der Waals surface area contributed by atoms with Crippen LogP contribution >= 0.6 is 27.5 Å². The summed E-state index contributed by atoms with van der Waals surface area (Å²) in [5.74, 6) is 5.60. The first kappa shape index (κ1) is 12.5. The summed E-state index contributed by atoms with van der Waals surface area (Å²) in [4.78, 5) is 4.09. The van der Waals surface area contributed by atoms with E-state index in [0.29, 0.717) is 5.02 Å². The molecule has 2 aromatic rings. The maximum atomic E-state index is 5.96. The summed E-state index contributed by atoms with van der Waals surface area (Å²) < 4.78 is 0.848. The Morgan fingerprint density at radius 1 is 1.29 bits per heavy atom. The lowest BCUT2D eigenvalue weighted by Gasteiger charge is -2.16. The van der Waals surface area contributed by atoms with E-state index in [1.807, 2.05) is 30.3 Å². The van der Waals surface area contributed by atoms with Gasteiger partial charge < -0.3 is 0 Å².